The Morgan fingerprint density at radius 2 is 2.10 bits per heavy atom. The second kappa shape index (κ2) is 9.80. The summed E-state index contributed by atoms with van der Waals surface area (Å²) in [6, 6.07) is 4.13. The van der Waals surface area contributed by atoms with Gasteiger partial charge in [0, 0.05) is 29.7 Å². The Morgan fingerprint density at radius 3 is 2.70 bits per heavy atom. The third-order valence-electron chi connectivity index (χ3n) is 5.78. The molecule has 1 aromatic heterocycles. The number of amides is 1. The van der Waals surface area contributed by atoms with E-state index in [-0.39, 0.29) is 24.1 Å². The summed E-state index contributed by atoms with van der Waals surface area (Å²) in [4.78, 5) is 27.1. The molecule has 0 aliphatic heterocycles. The predicted molar refractivity (Wildman–Crippen MR) is 115 cm³/mol. The number of ether oxygens (including phenoxy) is 1. The zero-order chi connectivity index (χ0) is 21.7. The predicted octanol–water partition coefficient (Wildman–Crippen LogP) is 4.41. The van der Waals surface area contributed by atoms with Crippen molar-refractivity contribution in [1.29, 1.82) is 5.26 Å². The number of carbonyl (C=O) groups is 2. The average molecular weight is 410 g/mol. The maximum absolute atomic E-state index is 12.8. The fourth-order valence-electron chi connectivity index (χ4n) is 4.08. The van der Waals surface area contributed by atoms with E-state index in [9.17, 15) is 14.9 Å². The molecule has 0 aromatic carbocycles. The Labute approximate surface area is 178 Å². The molecule has 0 spiro atoms. The molecule has 1 saturated carbocycles. The maximum Gasteiger partial charge on any atom is 0.349 e. The van der Waals surface area contributed by atoms with Gasteiger partial charge < -0.3 is 14.2 Å². The first-order chi connectivity index (χ1) is 14.5. The number of hydrogen-bond acceptors (Lipinski definition) is 4. The lowest BCUT2D eigenvalue weighted by molar-refractivity contribution is -0.148. The first-order valence-corrected chi connectivity index (χ1v) is 10.9. The van der Waals surface area contributed by atoms with Gasteiger partial charge in [0.05, 0.1) is 0 Å². The Balaban J connectivity index is 1.67. The van der Waals surface area contributed by atoms with Crippen molar-refractivity contribution < 1.29 is 14.3 Å². The highest BCUT2D eigenvalue weighted by Gasteiger charge is 2.35. The maximum atomic E-state index is 12.8. The SMILES string of the molecule is CCCn1c(C)cc(/C=C(\C#N)C(=O)OCC(=O)N(C2=CCCCC2)C2CC2)c1C. The number of esters is 1. The third kappa shape index (κ3) is 5.02. The van der Waals surface area contributed by atoms with Gasteiger partial charge in [0.25, 0.3) is 5.91 Å². The van der Waals surface area contributed by atoms with Crippen LogP contribution in [0.5, 0.6) is 0 Å². The summed E-state index contributed by atoms with van der Waals surface area (Å²) in [5, 5.41) is 9.47. The van der Waals surface area contributed by atoms with Gasteiger partial charge in [-0.3, -0.25) is 4.79 Å². The van der Waals surface area contributed by atoms with E-state index in [2.05, 4.69) is 17.6 Å². The molecular weight excluding hydrogens is 378 g/mol. The molecule has 0 unspecified atom stereocenters. The summed E-state index contributed by atoms with van der Waals surface area (Å²) in [7, 11) is 0. The van der Waals surface area contributed by atoms with Crippen LogP contribution in [0, 0.1) is 25.2 Å². The number of nitrogens with zero attached hydrogens (tertiary/aromatic N) is 3. The normalized spacial score (nSPS) is 16.6. The van der Waals surface area contributed by atoms with Crippen LogP contribution in [-0.4, -0.2) is 34.0 Å². The van der Waals surface area contributed by atoms with Crippen molar-refractivity contribution in [2.75, 3.05) is 6.61 Å². The summed E-state index contributed by atoms with van der Waals surface area (Å²) in [6.07, 6.45) is 10.8. The molecule has 30 heavy (non-hydrogen) atoms. The molecule has 0 N–H and O–H groups in total. The van der Waals surface area contributed by atoms with E-state index in [1.165, 1.54) is 0 Å². The monoisotopic (exact) mass is 409 g/mol. The van der Waals surface area contributed by atoms with Crippen molar-refractivity contribution in [1.82, 2.24) is 9.47 Å². The average Bonchev–Trinajstić information content (AvgIpc) is 3.54. The molecule has 6 nitrogen and oxygen atoms in total. The van der Waals surface area contributed by atoms with Crippen molar-refractivity contribution in [3.8, 4) is 6.07 Å². The highest BCUT2D eigenvalue weighted by atomic mass is 16.5. The van der Waals surface area contributed by atoms with Crippen LogP contribution in [0.1, 0.15) is 68.8 Å². The molecule has 2 aliphatic rings. The van der Waals surface area contributed by atoms with Crippen molar-refractivity contribution in [3.63, 3.8) is 0 Å². The molecule has 1 heterocycles. The zero-order valence-corrected chi connectivity index (χ0v) is 18.2. The summed E-state index contributed by atoms with van der Waals surface area (Å²) < 4.78 is 7.42. The lowest BCUT2D eigenvalue weighted by atomic mass is 10.0. The van der Waals surface area contributed by atoms with E-state index >= 15 is 0 Å². The summed E-state index contributed by atoms with van der Waals surface area (Å²) in [5.74, 6) is -0.947. The molecule has 0 radical (unpaired) electrons. The van der Waals surface area contributed by atoms with E-state index in [1.54, 1.807) is 6.08 Å². The van der Waals surface area contributed by atoms with Gasteiger partial charge in [-0.1, -0.05) is 13.0 Å². The van der Waals surface area contributed by atoms with Crippen LogP contribution in [0.15, 0.2) is 23.4 Å². The van der Waals surface area contributed by atoms with E-state index in [1.807, 2.05) is 30.9 Å². The molecule has 1 amide bonds. The quantitative estimate of drug-likeness (QED) is 0.362. The first-order valence-electron chi connectivity index (χ1n) is 10.9. The molecule has 6 heteroatoms. The van der Waals surface area contributed by atoms with E-state index < -0.39 is 5.97 Å². The van der Waals surface area contributed by atoms with Gasteiger partial charge >= 0.3 is 5.97 Å². The van der Waals surface area contributed by atoms with Gasteiger partial charge in [-0.05, 0) is 76.5 Å². The summed E-state index contributed by atoms with van der Waals surface area (Å²) in [6.45, 7) is 6.65. The van der Waals surface area contributed by atoms with Crippen LogP contribution < -0.4 is 0 Å². The molecule has 0 saturated heterocycles. The lowest BCUT2D eigenvalue weighted by Crippen LogP contribution is -2.36. The van der Waals surface area contributed by atoms with Crippen molar-refractivity contribution in [2.45, 2.75) is 78.3 Å². The Bertz CT molecular complexity index is 913. The molecular formula is C24H31N3O3. The number of aromatic nitrogens is 1. The number of hydrogen-bond donors (Lipinski definition) is 0. The van der Waals surface area contributed by atoms with E-state index in [0.717, 1.165) is 74.1 Å². The van der Waals surface area contributed by atoms with Gasteiger partial charge in [-0.15, -0.1) is 0 Å². The third-order valence-corrected chi connectivity index (χ3v) is 5.78. The topological polar surface area (TPSA) is 75.3 Å². The second-order valence-electron chi connectivity index (χ2n) is 8.16. The molecule has 0 atom stereocenters. The van der Waals surface area contributed by atoms with Crippen molar-refractivity contribution >= 4 is 18.0 Å². The molecule has 0 bridgehead atoms. The molecule has 1 fully saturated rings. The minimum absolute atomic E-state index is 0.0885. The molecule has 3 rings (SSSR count). The fourth-order valence-corrected chi connectivity index (χ4v) is 4.08. The van der Waals surface area contributed by atoms with Gasteiger partial charge in [-0.25, -0.2) is 4.79 Å². The molecule has 2 aliphatic carbocycles. The van der Waals surface area contributed by atoms with Gasteiger partial charge in [-0.2, -0.15) is 5.26 Å². The summed E-state index contributed by atoms with van der Waals surface area (Å²) in [5.41, 5.74) is 3.89. The van der Waals surface area contributed by atoms with Gasteiger partial charge in [0.2, 0.25) is 0 Å². The molecule has 160 valence electrons. The second-order valence-corrected chi connectivity index (χ2v) is 8.16. The van der Waals surface area contributed by atoms with Crippen LogP contribution in [0.4, 0.5) is 0 Å². The number of nitriles is 1. The Morgan fingerprint density at radius 1 is 1.33 bits per heavy atom. The van der Waals surface area contributed by atoms with Crippen LogP contribution in [0.25, 0.3) is 6.08 Å². The Hall–Kier alpha value is -2.81. The minimum Gasteiger partial charge on any atom is -0.451 e. The van der Waals surface area contributed by atoms with Gasteiger partial charge in [0.15, 0.2) is 6.61 Å². The lowest BCUT2D eigenvalue weighted by Gasteiger charge is -2.27. The summed E-state index contributed by atoms with van der Waals surface area (Å²) >= 11 is 0. The van der Waals surface area contributed by atoms with Crippen LogP contribution in [-0.2, 0) is 20.9 Å². The Kier molecular flexibility index (Phi) is 7.15. The first kappa shape index (κ1) is 21.9. The largest absolute Gasteiger partial charge is 0.451 e. The number of carbonyl (C=O) groups excluding carboxylic acids is 2. The highest BCUT2D eigenvalue weighted by Crippen LogP contribution is 2.33. The zero-order valence-electron chi connectivity index (χ0n) is 18.2. The van der Waals surface area contributed by atoms with Crippen LogP contribution in [0.3, 0.4) is 0 Å². The minimum atomic E-state index is -0.750. The van der Waals surface area contributed by atoms with Crippen molar-refractivity contribution in [2.24, 2.45) is 0 Å². The smallest absolute Gasteiger partial charge is 0.349 e. The standard InChI is InChI=1S/C24H31N3O3/c1-4-12-26-17(2)13-19(18(26)3)14-20(15-25)24(29)30-16-23(28)27(22-10-11-22)21-8-6-5-7-9-21/h8,13-14,22H,4-7,9-12,16H2,1-3H3/b20-14+. The number of allylic oxidation sites excluding steroid dienone is 2. The van der Waals surface area contributed by atoms with Gasteiger partial charge in [0.1, 0.15) is 11.6 Å². The fraction of sp³-hybridized carbons (Fsp3) is 0.542. The number of rotatable bonds is 8. The van der Waals surface area contributed by atoms with E-state index in [4.69, 9.17) is 4.74 Å². The molecule has 1 aromatic rings. The van der Waals surface area contributed by atoms with E-state index in [0.29, 0.717) is 0 Å². The highest BCUT2D eigenvalue weighted by molar-refractivity contribution is 5.99. The van der Waals surface area contributed by atoms with Crippen LogP contribution >= 0.6 is 0 Å². The number of aryl methyl sites for hydroxylation is 1. The van der Waals surface area contributed by atoms with Crippen molar-refractivity contribution in [3.05, 3.63) is 40.4 Å². The van der Waals surface area contributed by atoms with Crippen LogP contribution in [0.2, 0.25) is 0 Å².